The van der Waals surface area contributed by atoms with Gasteiger partial charge in [-0.15, -0.1) is 0 Å². The molecule has 1 unspecified atom stereocenters. The number of sulfonamides is 1. The van der Waals surface area contributed by atoms with Crippen LogP contribution < -0.4 is 0 Å². The zero-order valence-corrected chi connectivity index (χ0v) is 18.0. The fourth-order valence-corrected chi connectivity index (χ4v) is 5.16. The number of carbonyl (C=O) groups excluding carboxylic acids is 1. The first kappa shape index (κ1) is 22.7. The number of carbonyl (C=O) groups is 2. The largest absolute Gasteiger partial charge is 0.480 e. The molecule has 1 aliphatic heterocycles. The third-order valence-corrected chi connectivity index (χ3v) is 6.53. The molecule has 0 aliphatic carbocycles. The SMILES string of the molecule is CC(C)(C)OC(=O)N1CCN(S(=O)(=O)Cc2c(Cl)cccc2Cl)C(C(=O)O)C1. The molecule has 1 aliphatic rings. The normalized spacial score (nSPS) is 18.8. The van der Waals surface area contributed by atoms with E-state index in [1.54, 1.807) is 26.8 Å². The van der Waals surface area contributed by atoms with Crippen molar-refractivity contribution in [1.29, 1.82) is 0 Å². The standard InChI is InChI=1S/C17H22Cl2N2O6S/c1-17(2,3)27-16(24)20-7-8-21(14(9-20)15(22)23)28(25,26)10-11-12(18)5-4-6-13(11)19/h4-6,14H,7-10H2,1-3H3,(H,22,23). The molecule has 28 heavy (non-hydrogen) atoms. The molecule has 1 atom stereocenters. The lowest BCUT2D eigenvalue weighted by atomic mass is 10.2. The number of nitrogens with zero attached hydrogens (tertiary/aromatic N) is 2. The van der Waals surface area contributed by atoms with E-state index in [1.807, 2.05) is 0 Å². The summed E-state index contributed by atoms with van der Waals surface area (Å²) in [5.74, 6) is -1.90. The van der Waals surface area contributed by atoms with E-state index in [1.165, 1.54) is 17.0 Å². The molecule has 11 heteroatoms. The highest BCUT2D eigenvalue weighted by atomic mass is 35.5. The number of piperazine rings is 1. The lowest BCUT2D eigenvalue weighted by Crippen LogP contribution is -2.59. The number of amides is 1. The number of carboxylic acids is 1. The molecule has 2 rings (SSSR count). The van der Waals surface area contributed by atoms with E-state index in [4.69, 9.17) is 27.9 Å². The lowest BCUT2D eigenvalue weighted by Gasteiger charge is -2.38. The van der Waals surface area contributed by atoms with Gasteiger partial charge in [-0.3, -0.25) is 4.79 Å². The van der Waals surface area contributed by atoms with Gasteiger partial charge in [0.1, 0.15) is 11.6 Å². The molecule has 156 valence electrons. The summed E-state index contributed by atoms with van der Waals surface area (Å²) in [4.78, 5) is 25.1. The average molecular weight is 453 g/mol. The van der Waals surface area contributed by atoms with Crippen molar-refractivity contribution in [3.8, 4) is 0 Å². The number of halogens is 2. The topological polar surface area (TPSA) is 104 Å². The van der Waals surface area contributed by atoms with Crippen LogP contribution in [0.1, 0.15) is 26.3 Å². The van der Waals surface area contributed by atoms with E-state index < -0.39 is 39.5 Å². The van der Waals surface area contributed by atoms with Crippen LogP contribution in [0.2, 0.25) is 10.0 Å². The van der Waals surface area contributed by atoms with E-state index in [0.717, 1.165) is 4.31 Å². The Balaban J connectivity index is 2.23. The number of carboxylic acid groups (broad SMARTS) is 1. The number of ether oxygens (including phenoxy) is 1. The lowest BCUT2D eigenvalue weighted by molar-refractivity contribution is -0.143. The maximum Gasteiger partial charge on any atom is 0.410 e. The zero-order valence-electron chi connectivity index (χ0n) is 15.7. The van der Waals surface area contributed by atoms with Gasteiger partial charge in [-0.2, -0.15) is 4.31 Å². The highest BCUT2D eigenvalue weighted by Crippen LogP contribution is 2.28. The smallest absolute Gasteiger partial charge is 0.410 e. The third kappa shape index (κ3) is 5.50. The van der Waals surface area contributed by atoms with Crippen LogP contribution >= 0.6 is 23.2 Å². The Bertz CT molecular complexity index is 849. The number of benzene rings is 1. The summed E-state index contributed by atoms with van der Waals surface area (Å²) in [6.45, 7) is 4.57. The number of hydrogen-bond acceptors (Lipinski definition) is 5. The van der Waals surface area contributed by atoms with Crippen LogP contribution in [0.3, 0.4) is 0 Å². The summed E-state index contributed by atoms with van der Waals surface area (Å²) in [6, 6.07) is 3.16. The van der Waals surface area contributed by atoms with Gasteiger partial charge in [-0.1, -0.05) is 29.3 Å². The summed E-state index contributed by atoms with van der Waals surface area (Å²) in [5.41, 5.74) is -0.552. The molecule has 0 spiro atoms. The van der Waals surface area contributed by atoms with Crippen molar-refractivity contribution in [2.24, 2.45) is 0 Å². The Morgan fingerprint density at radius 1 is 1.21 bits per heavy atom. The maximum atomic E-state index is 12.9. The second kappa shape index (κ2) is 8.44. The second-order valence-electron chi connectivity index (χ2n) is 7.35. The van der Waals surface area contributed by atoms with Gasteiger partial charge < -0.3 is 14.7 Å². The van der Waals surface area contributed by atoms with Crippen molar-refractivity contribution < 1.29 is 27.9 Å². The van der Waals surface area contributed by atoms with Gasteiger partial charge >= 0.3 is 12.1 Å². The fourth-order valence-electron chi connectivity index (χ4n) is 2.73. The van der Waals surface area contributed by atoms with Crippen molar-refractivity contribution in [3.63, 3.8) is 0 Å². The molecule has 1 saturated heterocycles. The fraction of sp³-hybridized carbons (Fsp3) is 0.529. The summed E-state index contributed by atoms with van der Waals surface area (Å²) in [6.07, 6.45) is -0.690. The van der Waals surface area contributed by atoms with Gasteiger partial charge in [-0.05, 0) is 32.9 Å². The second-order valence-corrected chi connectivity index (χ2v) is 10.1. The van der Waals surface area contributed by atoms with Gasteiger partial charge in [0.2, 0.25) is 10.0 Å². The van der Waals surface area contributed by atoms with Crippen molar-refractivity contribution in [2.75, 3.05) is 19.6 Å². The van der Waals surface area contributed by atoms with Crippen LogP contribution in [0.25, 0.3) is 0 Å². The monoisotopic (exact) mass is 452 g/mol. The third-order valence-electron chi connectivity index (χ3n) is 4.01. The van der Waals surface area contributed by atoms with Gasteiger partial charge in [0.25, 0.3) is 0 Å². The number of aliphatic carboxylic acids is 1. The Kier molecular flexibility index (Phi) is 6.86. The molecule has 0 saturated carbocycles. The van der Waals surface area contributed by atoms with Crippen LogP contribution in [0.5, 0.6) is 0 Å². The molecular formula is C17H22Cl2N2O6S. The summed E-state index contributed by atoms with van der Waals surface area (Å²) in [5, 5.41) is 9.89. The molecule has 1 fully saturated rings. The molecule has 0 bridgehead atoms. The minimum atomic E-state index is -4.06. The first-order chi connectivity index (χ1) is 12.8. The van der Waals surface area contributed by atoms with Crippen molar-refractivity contribution in [2.45, 2.75) is 38.2 Å². The van der Waals surface area contributed by atoms with Gasteiger partial charge in [0.15, 0.2) is 0 Å². The first-order valence-electron chi connectivity index (χ1n) is 8.45. The van der Waals surface area contributed by atoms with E-state index in [2.05, 4.69) is 0 Å². The molecule has 1 amide bonds. The summed E-state index contributed by atoms with van der Waals surface area (Å²) < 4.78 is 31.9. The molecule has 1 N–H and O–H groups in total. The minimum Gasteiger partial charge on any atom is -0.480 e. The molecule has 8 nitrogen and oxygen atoms in total. The molecule has 1 aromatic carbocycles. The van der Waals surface area contributed by atoms with E-state index >= 15 is 0 Å². The van der Waals surface area contributed by atoms with Crippen molar-refractivity contribution in [3.05, 3.63) is 33.8 Å². The molecule has 1 aromatic rings. The van der Waals surface area contributed by atoms with E-state index in [9.17, 15) is 23.1 Å². The first-order valence-corrected chi connectivity index (χ1v) is 10.8. The minimum absolute atomic E-state index is 0.00811. The van der Waals surface area contributed by atoms with E-state index in [-0.39, 0.29) is 35.2 Å². The quantitative estimate of drug-likeness (QED) is 0.752. The Morgan fingerprint density at radius 2 is 1.79 bits per heavy atom. The number of hydrogen-bond donors (Lipinski definition) is 1. The van der Waals surface area contributed by atoms with Crippen LogP contribution in [-0.4, -0.2) is 66.1 Å². The summed E-state index contributed by atoms with van der Waals surface area (Å²) in [7, 11) is -4.06. The highest BCUT2D eigenvalue weighted by molar-refractivity contribution is 7.88. The highest BCUT2D eigenvalue weighted by Gasteiger charge is 2.42. The van der Waals surface area contributed by atoms with Gasteiger partial charge in [0, 0.05) is 28.7 Å². The number of rotatable bonds is 4. The molecular weight excluding hydrogens is 431 g/mol. The zero-order chi connectivity index (χ0) is 21.3. The maximum absolute atomic E-state index is 12.9. The van der Waals surface area contributed by atoms with Crippen LogP contribution in [-0.2, 0) is 25.3 Å². The van der Waals surface area contributed by atoms with Crippen LogP contribution in [0, 0.1) is 0 Å². The van der Waals surface area contributed by atoms with Crippen LogP contribution in [0.15, 0.2) is 18.2 Å². The Hall–Kier alpha value is -1.55. The Labute approximate surface area is 174 Å². The molecule has 0 radical (unpaired) electrons. The van der Waals surface area contributed by atoms with Gasteiger partial charge in [-0.25, -0.2) is 13.2 Å². The predicted molar refractivity (Wildman–Crippen MR) is 105 cm³/mol. The van der Waals surface area contributed by atoms with Crippen molar-refractivity contribution >= 4 is 45.3 Å². The van der Waals surface area contributed by atoms with Crippen LogP contribution in [0.4, 0.5) is 4.79 Å². The predicted octanol–water partition coefficient (Wildman–Crippen LogP) is 2.83. The van der Waals surface area contributed by atoms with Crippen molar-refractivity contribution in [1.82, 2.24) is 9.21 Å². The molecule has 1 heterocycles. The summed E-state index contributed by atoms with van der Waals surface area (Å²) >= 11 is 12.1. The average Bonchev–Trinajstić information content (AvgIpc) is 2.56. The Morgan fingerprint density at radius 3 is 2.29 bits per heavy atom. The van der Waals surface area contributed by atoms with Gasteiger partial charge in [0.05, 0.1) is 12.3 Å². The molecule has 0 aromatic heterocycles. The van der Waals surface area contributed by atoms with E-state index in [0.29, 0.717) is 0 Å².